The van der Waals surface area contributed by atoms with E-state index in [0.717, 1.165) is 45.3 Å². The van der Waals surface area contributed by atoms with Gasteiger partial charge in [-0.25, -0.2) is 4.90 Å². The molecule has 6 nitrogen and oxygen atoms in total. The third-order valence-electron chi connectivity index (χ3n) is 5.87. The quantitative estimate of drug-likeness (QED) is 0.744. The van der Waals surface area contributed by atoms with Gasteiger partial charge in [-0.1, -0.05) is 11.6 Å². The van der Waals surface area contributed by atoms with Crippen molar-refractivity contribution >= 4 is 35.0 Å². The number of carbonyl (C=O) groups excluding carboxylic acids is 3. The standard InChI is InChI=1S/C20H24ClN3O3/c21-15-5-7-16(8-6-15)24-18(25)12-17(20(24)27)23-11-3-4-14(13-23)19(26)22-9-1-2-10-22/h5-8,14,17H,1-4,9-13H2/t14-,17-/m1/s1. The highest BCUT2D eigenvalue weighted by molar-refractivity contribution is 6.30. The van der Waals surface area contributed by atoms with Gasteiger partial charge in [0.1, 0.15) is 0 Å². The van der Waals surface area contributed by atoms with Crippen LogP contribution in [-0.4, -0.2) is 59.7 Å². The van der Waals surface area contributed by atoms with E-state index >= 15 is 0 Å². The maximum Gasteiger partial charge on any atom is 0.251 e. The van der Waals surface area contributed by atoms with Crippen molar-refractivity contribution in [2.45, 2.75) is 38.1 Å². The summed E-state index contributed by atoms with van der Waals surface area (Å²) in [5, 5.41) is 0.564. The number of piperidine rings is 1. The first-order valence-electron chi connectivity index (χ1n) is 9.70. The molecule has 0 spiro atoms. The summed E-state index contributed by atoms with van der Waals surface area (Å²) in [6.45, 7) is 3.01. The molecule has 0 radical (unpaired) electrons. The molecule has 3 aliphatic rings. The third kappa shape index (κ3) is 3.60. The van der Waals surface area contributed by atoms with E-state index in [-0.39, 0.29) is 30.1 Å². The summed E-state index contributed by atoms with van der Waals surface area (Å²) < 4.78 is 0. The maximum absolute atomic E-state index is 13.0. The zero-order valence-corrected chi connectivity index (χ0v) is 16.0. The number of carbonyl (C=O) groups is 3. The molecule has 0 aromatic heterocycles. The Kier molecular flexibility index (Phi) is 5.19. The number of hydrogen-bond donors (Lipinski definition) is 0. The van der Waals surface area contributed by atoms with Crippen molar-refractivity contribution in [1.82, 2.24) is 9.80 Å². The van der Waals surface area contributed by atoms with Gasteiger partial charge in [0.2, 0.25) is 11.8 Å². The summed E-state index contributed by atoms with van der Waals surface area (Å²) in [5.74, 6) is -0.246. The van der Waals surface area contributed by atoms with Gasteiger partial charge in [-0.05, 0) is 56.5 Å². The van der Waals surface area contributed by atoms with E-state index in [2.05, 4.69) is 0 Å². The third-order valence-corrected chi connectivity index (χ3v) is 6.12. The van der Waals surface area contributed by atoms with Crippen LogP contribution >= 0.6 is 11.6 Å². The molecule has 3 heterocycles. The molecule has 0 bridgehead atoms. The summed E-state index contributed by atoms with van der Waals surface area (Å²) >= 11 is 5.91. The van der Waals surface area contributed by atoms with Crippen LogP contribution in [0.5, 0.6) is 0 Å². The molecule has 144 valence electrons. The lowest BCUT2D eigenvalue weighted by molar-refractivity contribution is -0.137. The zero-order chi connectivity index (χ0) is 19.0. The minimum atomic E-state index is -0.470. The van der Waals surface area contributed by atoms with Crippen LogP contribution in [0.3, 0.4) is 0 Å². The van der Waals surface area contributed by atoms with Crippen LogP contribution < -0.4 is 4.90 Å². The molecule has 3 amide bonds. The largest absolute Gasteiger partial charge is 0.342 e. The Balaban J connectivity index is 1.46. The molecular weight excluding hydrogens is 366 g/mol. The highest BCUT2D eigenvalue weighted by atomic mass is 35.5. The van der Waals surface area contributed by atoms with Gasteiger partial charge < -0.3 is 4.90 Å². The number of rotatable bonds is 3. The zero-order valence-electron chi connectivity index (χ0n) is 15.3. The van der Waals surface area contributed by atoms with E-state index < -0.39 is 6.04 Å². The normalized spacial score (nSPS) is 26.9. The second-order valence-electron chi connectivity index (χ2n) is 7.63. The van der Waals surface area contributed by atoms with E-state index in [1.165, 1.54) is 4.90 Å². The minimum Gasteiger partial charge on any atom is -0.342 e. The van der Waals surface area contributed by atoms with E-state index in [0.29, 0.717) is 17.3 Å². The van der Waals surface area contributed by atoms with Crippen molar-refractivity contribution in [3.05, 3.63) is 29.3 Å². The number of amides is 3. The Bertz CT molecular complexity index is 745. The van der Waals surface area contributed by atoms with Crippen LogP contribution in [0.25, 0.3) is 0 Å². The fourth-order valence-corrected chi connectivity index (χ4v) is 4.58. The Morgan fingerprint density at radius 3 is 2.41 bits per heavy atom. The maximum atomic E-state index is 13.0. The second kappa shape index (κ2) is 7.60. The number of anilines is 1. The van der Waals surface area contributed by atoms with Gasteiger partial charge in [0.05, 0.1) is 24.1 Å². The van der Waals surface area contributed by atoms with Crippen LogP contribution in [-0.2, 0) is 14.4 Å². The number of halogens is 1. The molecule has 3 fully saturated rings. The van der Waals surface area contributed by atoms with Crippen LogP contribution in [0.4, 0.5) is 5.69 Å². The summed E-state index contributed by atoms with van der Waals surface area (Å²) in [6, 6.07) is 6.27. The molecule has 2 atom stereocenters. The predicted molar refractivity (Wildman–Crippen MR) is 102 cm³/mol. The fraction of sp³-hybridized carbons (Fsp3) is 0.550. The molecule has 0 saturated carbocycles. The Morgan fingerprint density at radius 1 is 1.00 bits per heavy atom. The van der Waals surface area contributed by atoms with Crippen molar-refractivity contribution in [2.24, 2.45) is 5.92 Å². The number of nitrogens with zero attached hydrogens (tertiary/aromatic N) is 3. The van der Waals surface area contributed by atoms with Crippen molar-refractivity contribution in [2.75, 3.05) is 31.1 Å². The Hall–Kier alpha value is -1.92. The first-order valence-corrected chi connectivity index (χ1v) is 10.1. The van der Waals surface area contributed by atoms with Crippen molar-refractivity contribution < 1.29 is 14.4 Å². The molecule has 1 aromatic carbocycles. The minimum absolute atomic E-state index is 0.0654. The monoisotopic (exact) mass is 389 g/mol. The van der Waals surface area contributed by atoms with Crippen LogP contribution in [0.2, 0.25) is 5.02 Å². The lowest BCUT2D eigenvalue weighted by Crippen LogP contribution is -2.50. The summed E-state index contributed by atoms with van der Waals surface area (Å²) in [5.41, 5.74) is 0.554. The van der Waals surface area contributed by atoms with E-state index in [1.807, 2.05) is 9.80 Å². The average Bonchev–Trinajstić information content (AvgIpc) is 3.31. The van der Waals surface area contributed by atoms with Gasteiger partial charge >= 0.3 is 0 Å². The first-order chi connectivity index (χ1) is 13.0. The van der Waals surface area contributed by atoms with E-state index in [4.69, 9.17) is 11.6 Å². The topological polar surface area (TPSA) is 60.9 Å². The Morgan fingerprint density at radius 2 is 1.70 bits per heavy atom. The smallest absolute Gasteiger partial charge is 0.251 e. The molecule has 0 aliphatic carbocycles. The number of likely N-dealkylation sites (tertiary alicyclic amines) is 2. The predicted octanol–water partition coefficient (Wildman–Crippen LogP) is 2.31. The van der Waals surface area contributed by atoms with Gasteiger partial charge in [-0.2, -0.15) is 0 Å². The van der Waals surface area contributed by atoms with Crippen LogP contribution in [0, 0.1) is 5.92 Å². The number of imide groups is 1. The Labute approximate surface area is 164 Å². The molecule has 1 aromatic rings. The van der Waals surface area contributed by atoms with Gasteiger partial charge in [0, 0.05) is 24.7 Å². The fourth-order valence-electron chi connectivity index (χ4n) is 4.45. The van der Waals surface area contributed by atoms with Crippen LogP contribution in [0.1, 0.15) is 32.1 Å². The van der Waals surface area contributed by atoms with Gasteiger partial charge in [-0.3, -0.25) is 19.3 Å². The van der Waals surface area contributed by atoms with Crippen molar-refractivity contribution in [3.63, 3.8) is 0 Å². The molecule has 4 rings (SSSR count). The molecule has 3 saturated heterocycles. The lowest BCUT2D eigenvalue weighted by atomic mass is 9.95. The number of hydrogen-bond acceptors (Lipinski definition) is 4. The van der Waals surface area contributed by atoms with E-state index in [1.54, 1.807) is 24.3 Å². The summed E-state index contributed by atoms with van der Waals surface area (Å²) in [6.07, 6.45) is 4.07. The molecular formula is C20H24ClN3O3. The average molecular weight is 390 g/mol. The summed E-state index contributed by atoms with van der Waals surface area (Å²) in [4.78, 5) is 43.5. The molecule has 7 heteroatoms. The SMILES string of the molecule is O=C([C@@H]1CCCN([C@@H]2CC(=O)N(c3ccc(Cl)cc3)C2=O)C1)N1CCCC1. The molecule has 3 aliphatic heterocycles. The van der Waals surface area contributed by atoms with Gasteiger partial charge in [0.15, 0.2) is 0 Å². The van der Waals surface area contributed by atoms with Crippen molar-refractivity contribution in [1.29, 1.82) is 0 Å². The molecule has 0 unspecified atom stereocenters. The highest BCUT2D eigenvalue weighted by Gasteiger charge is 2.44. The molecule has 27 heavy (non-hydrogen) atoms. The van der Waals surface area contributed by atoms with Gasteiger partial charge in [0.25, 0.3) is 5.91 Å². The van der Waals surface area contributed by atoms with Gasteiger partial charge in [-0.15, -0.1) is 0 Å². The number of benzene rings is 1. The first kappa shape index (κ1) is 18.4. The second-order valence-corrected chi connectivity index (χ2v) is 8.07. The van der Waals surface area contributed by atoms with E-state index in [9.17, 15) is 14.4 Å². The summed E-state index contributed by atoms with van der Waals surface area (Å²) in [7, 11) is 0. The van der Waals surface area contributed by atoms with Crippen molar-refractivity contribution in [3.8, 4) is 0 Å². The molecule has 0 N–H and O–H groups in total. The highest BCUT2D eigenvalue weighted by Crippen LogP contribution is 2.30. The lowest BCUT2D eigenvalue weighted by Gasteiger charge is -2.36. The van der Waals surface area contributed by atoms with Crippen LogP contribution in [0.15, 0.2) is 24.3 Å².